The number of piperidine rings is 2. The van der Waals surface area contributed by atoms with Gasteiger partial charge >= 0.3 is 0 Å². The van der Waals surface area contributed by atoms with Gasteiger partial charge in [-0.2, -0.15) is 4.98 Å². The fourth-order valence-electron chi connectivity index (χ4n) is 6.30. The van der Waals surface area contributed by atoms with Crippen molar-refractivity contribution in [2.45, 2.75) is 56.9 Å². The first-order valence-corrected chi connectivity index (χ1v) is 12.6. The summed E-state index contributed by atoms with van der Waals surface area (Å²) in [5, 5.41) is 4.46. The van der Waals surface area contributed by atoms with Crippen molar-refractivity contribution in [2.75, 3.05) is 26.2 Å². The van der Waals surface area contributed by atoms with Gasteiger partial charge in [0, 0.05) is 6.04 Å². The number of likely N-dealkylation sites (tertiary alicyclic amines) is 1. The number of aromatic nitrogens is 2. The highest BCUT2D eigenvalue weighted by Crippen LogP contribution is 2.44. The van der Waals surface area contributed by atoms with Crippen LogP contribution in [0.2, 0.25) is 5.02 Å². The fourth-order valence-corrected chi connectivity index (χ4v) is 6.55. The third kappa shape index (κ3) is 3.36. The molecular weight excluding hydrogens is 432 g/mol. The summed E-state index contributed by atoms with van der Waals surface area (Å²) >= 11 is 6.43. The van der Waals surface area contributed by atoms with Crippen LogP contribution in [0.4, 0.5) is 0 Å². The Morgan fingerprint density at radius 2 is 1.82 bits per heavy atom. The smallest absolute Gasteiger partial charge is 0.282 e. The first kappa shape index (κ1) is 21.3. The Balaban J connectivity index is 1.37. The number of nitrogens with one attached hydrogen (secondary N) is 1. The summed E-state index contributed by atoms with van der Waals surface area (Å²) in [6.07, 6.45) is 4.95. The molecule has 172 valence electrons. The summed E-state index contributed by atoms with van der Waals surface area (Å²) in [5.74, 6) is 1.37. The number of hydrogen-bond acceptors (Lipinski definition) is 4. The molecule has 2 aromatic carbocycles. The van der Waals surface area contributed by atoms with E-state index in [0.29, 0.717) is 16.3 Å². The van der Waals surface area contributed by atoms with Crippen LogP contribution in [-0.4, -0.2) is 46.7 Å². The number of halogens is 1. The van der Waals surface area contributed by atoms with Crippen molar-refractivity contribution in [3.63, 3.8) is 0 Å². The van der Waals surface area contributed by atoms with Crippen LogP contribution in [0.1, 0.15) is 62.4 Å². The van der Waals surface area contributed by atoms with Gasteiger partial charge in [-0.05, 0) is 101 Å². The Hall–Kier alpha value is -2.21. The first-order valence-electron chi connectivity index (χ1n) is 12.3. The SMILES string of the molecule is CC1(C)c2ccc(C3CCN(C4CCNCC4)CC3)cc2-n2c1nc(=O)c1c(Cl)cccc12. The highest BCUT2D eigenvalue weighted by atomic mass is 35.5. The predicted molar refractivity (Wildman–Crippen MR) is 134 cm³/mol. The van der Waals surface area contributed by atoms with Crippen molar-refractivity contribution >= 4 is 22.5 Å². The van der Waals surface area contributed by atoms with E-state index in [1.165, 1.54) is 49.9 Å². The van der Waals surface area contributed by atoms with Crippen molar-refractivity contribution in [3.05, 3.63) is 68.7 Å². The lowest BCUT2D eigenvalue weighted by Crippen LogP contribution is -2.46. The fraction of sp³-hybridized carbons (Fsp3) is 0.481. The summed E-state index contributed by atoms with van der Waals surface area (Å²) < 4.78 is 2.17. The molecule has 2 saturated heterocycles. The van der Waals surface area contributed by atoms with Gasteiger partial charge in [0.1, 0.15) is 5.82 Å². The van der Waals surface area contributed by atoms with Gasteiger partial charge < -0.3 is 10.2 Å². The molecule has 0 amide bonds. The van der Waals surface area contributed by atoms with Gasteiger partial charge in [-0.3, -0.25) is 9.36 Å². The topological polar surface area (TPSA) is 50.2 Å². The van der Waals surface area contributed by atoms with Crippen LogP contribution < -0.4 is 10.9 Å². The summed E-state index contributed by atoms with van der Waals surface area (Å²) in [4.78, 5) is 20.1. The second-order valence-electron chi connectivity index (χ2n) is 10.4. The predicted octanol–water partition coefficient (Wildman–Crippen LogP) is 4.61. The van der Waals surface area contributed by atoms with E-state index in [-0.39, 0.29) is 11.0 Å². The monoisotopic (exact) mass is 462 g/mol. The summed E-state index contributed by atoms with van der Waals surface area (Å²) in [6, 6.07) is 13.4. The highest BCUT2D eigenvalue weighted by Gasteiger charge is 2.39. The molecular formula is C27H31ClN4O. The molecule has 4 heterocycles. The Kier molecular flexibility index (Phi) is 5.13. The lowest BCUT2D eigenvalue weighted by molar-refractivity contribution is 0.127. The maximum absolute atomic E-state index is 12.9. The largest absolute Gasteiger partial charge is 0.317 e. The van der Waals surface area contributed by atoms with Crippen LogP contribution in [0.25, 0.3) is 16.6 Å². The minimum Gasteiger partial charge on any atom is -0.317 e. The van der Waals surface area contributed by atoms with E-state index in [1.807, 2.05) is 12.1 Å². The lowest BCUT2D eigenvalue weighted by atomic mass is 9.82. The number of nitrogens with zero attached hydrogens (tertiary/aromatic N) is 3. The normalized spacial score (nSPS) is 21.3. The van der Waals surface area contributed by atoms with Gasteiger partial charge in [-0.1, -0.05) is 29.8 Å². The van der Waals surface area contributed by atoms with Gasteiger partial charge in [0.15, 0.2) is 0 Å². The molecule has 1 N–H and O–H groups in total. The Bertz CT molecular complexity index is 1280. The molecule has 0 radical (unpaired) electrons. The first-order chi connectivity index (χ1) is 15.9. The minimum absolute atomic E-state index is 0.242. The quantitative estimate of drug-likeness (QED) is 0.604. The molecule has 2 fully saturated rings. The highest BCUT2D eigenvalue weighted by molar-refractivity contribution is 6.35. The molecule has 3 aliphatic heterocycles. The van der Waals surface area contributed by atoms with Crippen LogP contribution in [0.3, 0.4) is 0 Å². The Morgan fingerprint density at radius 1 is 1.06 bits per heavy atom. The summed E-state index contributed by atoms with van der Waals surface area (Å²) in [5.41, 5.74) is 4.04. The third-order valence-electron chi connectivity index (χ3n) is 8.19. The second kappa shape index (κ2) is 7.93. The molecule has 6 heteroatoms. The molecule has 0 aliphatic carbocycles. The number of benzene rings is 2. The van der Waals surface area contributed by atoms with E-state index >= 15 is 0 Å². The van der Waals surface area contributed by atoms with E-state index in [1.54, 1.807) is 6.07 Å². The molecule has 33 heavy (non-hydrogen) atoms. The van der Waals surface area contributed by atoms with Crippen LogP contribution >= 0.6 is 11.6 Å². The maximum atomic E-state index is 12.9. The van der Waals surface area contributed by atoms with E-state index in [2.05, 4.69) is 51.8 Å². The minimum atomic E-state index is -0.331. The zero-order chi connectivity index (χ0) is 22.7. The average molecular weight is 463 g/mol. The molecule has 3 aliphatic rings. The molecule has 0 bridgehead atoms. The van der Waals surface area contributed by atoms with Crippen LogP contribution in [0, 0.1) is 0 Å². The molecule has 1 aromatic heterocycles. The van der Waals surface area contributed by atoms with Crippen molar-refractivity contribution in [1.82, 2.24) is 19.8 Å². The standard InChI is InChI=1S/C27H31ClN4O/c1-27(2)20-7-6-18(17-10-14-31(15-11-17)19-8-12-29-13-9-19)16-23(20)32-22-5-3-4-21(28)24(22)25(33)30-26(27)32/h3-7,16-17,19,29H,8-15H2,1-2H3. The summed E-state index contributed by atoms with van der Waals surface area (Å²) in [6.45, 7) is 8.98. The van der Waals surface area contributed by atoms with E-state index < -0.39 is 0 Å². The van der Waals surface area contributed by atoms with Gasteiger partial charge in [0.05, 0.1) is 27.0 Å². The van der Waals surface area contributed by atoms with Crippen molar-refractivity contribution in [2.24, 2.45) is 0 Å². The van der Waals surface area contributed by atoms with Crippen molar-refractivity contribution in [3.8, 4) is 5.69 Å². The van der Waals surface area contributed by atoms with Gasteiger partial charge in [0.2, 0.25) is 0 Å². The molecule has 6 rings (SSSR count). The van der Waals surface area contributed by atoms with Gasteiger partial charge in [-0.15, -0.1) is 0 Å². The van der Waals surface area contributed by atoms with Gasteiger partial charge in [-0.25, -0.2) is 0 Å². The summed E-state index contributed by atoms with van der Waals surface area (Å²) in [7, 11) is 0. The average Bonchev–Trinajstić information content (AvgIpc) is 3.06. The number of rotatable bonds is 2. The molecule has 0 saturated carbocycles. The van der Waals surface area contributed by atoms with Crippen LogP contribution in [-0.2, 0) is 5.41 Å². The third-order valence-corrected chi connectivity index (χ3v) is 8.50. The Labute approximate surface area is 199 Å². The number of hydrogen-bond donors (Lipinski definition) is 1. The molecule has 0 atom stereocenters. The van der Waals surface area contributed by atoms with Crippen LogP contribution in [0.15, 0.2) is 41.2 Å². The van der Waals surface area contributed by atoms with E-state index in [9.17, 15) is 4.79 Å². The van der Waals surface area contributed by atoms with E-state index in [0.717, 1.165) is 36.2 Å². The molecule has 5 nitrogen and oxygen atoms in total. The van der Waals surface area contributed by atoms with Crippen molar-refractivity contribution < 1.29 is 0 Å². The molecule has 0 spiro atoms. The lowest BCUT2D eigenvalue weighted by Gasteiger charge is -2.39. The zero-order valence-electron chi connectivity index (χ0n) is 19.4. The second-order valence-corrected chi connectivity index (χ2v) is 10.8. The zero-order valence-corrected chi connectivity index (χ0v) is 20.2. The number of fused-ring (bicyclic) bond motifs is 5. The maximum Gasteiger partial charge on any atom is 0.282 e. The van der Waals surface area contributed by atoms with E-state index in [4.69, 9.17) is 11.6 Å². The molecule has 3 aromatic rings. The van der Waals surface area contributed by atoms with Crippen molar-refractivity contribution in [1.29, 1.82) is 0 Å². The molecule has 0 unspecified atom stereocenters. The van der Waals surface area contributed by atoms with Crippen LogP contribution in [0.5, 0.6) is 0 Å². The Morgan fingerprint density at radius 3 is 2.58 bits per heavy atom. The van der Waals surface area contributed by atoms with Gasteiger partial charge in [0.25, 0.3) is 5.56 Å².